The molecule has 0 spiro atoms. The summed E-state index contributed by atoms with van der Waals surface area (Å²) in [6.07, 6.45) is 0.659. The summed E-state index contributed by atoms with van der Waals surface area (Å²) in [7, 11) is 0. The van der Waals surface area contributed by atoms with Crippen LogP contribution in [0.25, 0.3) is 0 Å². The molecule has 5 heteroatoms. The standard InChI is InChI=1S/C18H21FN2O2/c1-3-23-17-7-5-4-6-14(17)10-11-20-18(22)21-15-9-8-13(2)16(19)12-15/h4-9,12H,3,10-11H2,1-2H3,(H2,20,21,22). The second kappa shape index (κ2) is 8.17. The van der Waals surface area contributed by atoms with E-state index in [0.29, 0.717) is 30.8 Å². The molecule has 0 aliphatic rings. The van der Waals surface area contributed by atoms with Crippen molar-refractivity contribution in [3.05, 3.63) is 59.4 Å². The number of amides is 2. The summed E-state index contributed by atoms with van der Waals surface area (Å²) in [5.41, 5.74) is 2.01. The van der Waals surface area contributed by atoms with Gasteiger partial charge in [-0.3, -0.25) is 0 Å². The first kappa shape index (κ1) is 16.8. The first-order valence-corrected chi connectivity index (χ1v) is 7.62. The van der Waals surface area contributed by atoms with Crippen molar-refractivity contribution in [2.75, 3.05) is 18.5 Å². The summed E-state index contributed by atoms with van der Waals surface area (Å²) in [6.45, 7) is 4.67. The normalized spacial score (nSPS) is 10.2. The maximum absolute atomic E-state index is 13.4. The van der Waals surface area contributed by atoms with E-state index in [9.17, 15) is 9.18 Å². The number of rotatable bonds is 6. The van der Waals surface area contributed by atoms with Gasteiger partial charge in [0.25, 0.3) is 0 Å². The van der Waals surface area contributed by atoms with Crippen molar-refractivity contribution in [1.29, 1.82) is 0 Å². The lowest BCUT2D eigenvalue weighted by Crippen LogP contribution is -2.30. The molecule has 0 saturated carbocycles. The van der Waals surface area contributed by atoms with Gasteiger partial charge < -0.3 is 15.4 Å². The quantitative estimate of drug-likeness (QED) is 0.849. The summed E-state index contributed by atoms with van der Waals surface area (Å²) in [5, 5.41) is 5.37. The number of benzene rings is 2. The number of ether oxygens (including phenoxy) is 1. The summed E-state index contributed by atoms with van der Waals surface area (Å²) in [5.74, 6) is 0.492. The fourth-order valence-corrected chi connectivity index (χ4v) is 2.16. The lowest BCUT2D eigenvalue weighted by molar-refractivity contribution is 0.252. The van der Waals surface area contributed by atoms with Crippen molar-refractivity contribution < 1.29 is 13.9 Å². The summed E-state index contributed by atoms with van der Waals surface area (Å²) in [6, 6.07) is 12.0. The Kier molecular flexibility index (Phi) is 5.97. The van der Waals surface area contributed by atoms with Crippen LogP contribution >= 0.6 is 0 Å². The van der Waals surface area contributed by atoms with E-state index in [-0.39, 0.29) is 11.8 Å². The molecule has 2 aromatic rings. The van der Waals surface area contributed by atoms with Gasteiger partial charge in [-0.25, -0.2) is 9.18 Å². The van der Waals surface area contributed by atoms with Gasteiger partial charge in [0.2, 0.25) is 0 Å². The summed E-state index contributed by atoms with van der Waals surface area (Å²) >= 11 is 0. The largest absolute Gasteiger partial charge is 0.494 e. The minimum Gasteiger partial charge on any atom is -0.494 e. The highest BCUT2D eigenvalue weighted by molar-refractivity contribution is 5.89. The van der Waals surface area contributed by atoms with Crippen LogP contribution in [-0.2, 0) is 6.42 Å². The smallest absolute Gasteiger partial charge is 0.319 e. The maximum Gasteiger partial charge on any atom is 0.319 e. The predicted octanol–water partition coefficient (Wildman–Crippen LogP) is 3.90. The molecule has 2 N–H and O–H groups in total. The van der Waals surface area contributed by atoms with Crippen LogP contribution in [-0.4, -0.2) is 19.2 Å². The van der Waals surface area contributed by atoms with Crippen LogP contribution in [0.1, 0.15) is 18.1 Å². The van der Waals surface area contributed by atoms with E-state index in [1.165, 1.54) is 6.07 Å². The molecule has 0 aromatic heterocycles. The number of urea groups is 1. The van der Waals surface area contributed by atoms with Crippen LogP contribution in [0.2, 0.25) is 0 Å². The third-order valence-corrected chi connectivity index (χ3v) is 3.38. The zero-order chi connectivity index (χ0) is 16.7. The number of nitrogens with one attached hydrogen (secondary N) is 2. The Morgan fingerprint density at radius 2 is 2.00 bits per heavy atom. The second-order valence-electron chi connectivity index (χ2n) is 5.14. The minimum absolute atomic E-state index is 0.339. The maximum atomic E-state index is 13.4. The molecule has 122 valence electrons. The van der Waals surface area contributed by atoms with E-state index in [2.05, 4.69) is 10.6 Å². The molecule has 0 saturated heterocycles. The molecule has 0 aliphatic carbocycles. The van der Waals surface area contributed by atoms with E-state index in [1.807, 2.05) is 31.2 Å². The second-order valence-corrected chi connectivity index (χ2v) is 5.14. The van der Waals surface area contributed by atoms with Gasteiger partial charge in [-0.05, 0) is 49.6 Å². The molecule has 2 amide bonds. The van der Waals surface area contributed by atoms with Gasteiger partial charge in [-0.2, -0.15) is 0 Å². The van der Waals surface area contributed by atoms with Crippen LogP contribution in [0.15, 0.2) is 42.5 Å². The van der Waals surface area contributed by atoms with Crippen LogP contribution in [0, 0.1) is 12.7 Å². The molecule has 2 rings (SSSR count). The van der Waals surface area contributed by atoms with Crippen LogP contribution in [0.5, 0.6) is 5.75 Å². The monoisotopic (exact) mass is 316 g/mol. The van der Waals surface area contributed by atoms with Gasteiger partial charge in [-0.15, -0.1) is 0 Å². The fraction of sp³-hybridized carbons (Fsp3) is 0.278. The van der Waals surface area contributed by atoms with Gasteiger partial charge >= 0.3 is 6.03 Å². The van der Waals surface area contributed by atoms with Crippen molar-refractivity contribution in [2.24, 2.45) is 0 Å². The molecule has 2 aromatic carbocycles. The van der Waals surface area contributed by atoms with Crippen LogP contribution in [0.4, 0.5) is 14.9 Å². The van der Waals surface area contributed by atoms with Crippen LogP contribution in [0.3, 0.4) is 0 Å². The zero-order valence-electron chi connectivity index (χ0n) is 13.4. The predicted molar refractivity (Wildman–Crippen MR) is 89.5 cm³/mol. The topological polar surface area (TPSA) is 50.4 Å². The van der Waals surface area contributed by atoms with Gasteiger partial charge in [0, 0.05) is 12.2 Å². The van der Waals surface area contributed by atoms with E-state index >= 15 is 0 Å². The minimum atomic E-state index is -0.359. The fourth-order valence-electron chi connectivity index (χ4n) is 2.16. The van der Waals surface area contributed by atoms with E-state index in [4.69, 9.17) is 4.74 Å². The first-order chi connectivity index (χ1) is 11.1. The highest BCUT2D eigenvalue weighted by Crippen LogP contribution is 2.18. The number of carbonyl (C=O) groups is 1. The molecule has 0 fully saturated rings. The summed E-state index contributed by atoms with van der Waals surface area (Å²) < 4.78 is 19.0. The van der Waals surface area contributed by atoms with Crippen molar-refractivity contribution in [3.8, 4) is 5.75 Å². The molecule has 0 atom stereocenters. The molecule has 0 heterocycles. The van der Waals surface area contributed by atoms with Crippen molar-refractivity contribution in [3.63, 3.8) is 0 Å². The SMILES string of the molecule is CCOc1ccccc1CCNC(=O)Nc1ccc(C)c(F)c1. The van der Waals surface area contributed by atoms with Crippen molar-refractivity contribution in [2.45, 2.75) is 20.3 Å². The highest BCUT2D eigenvalue weighted by Gasteiger charge is 2.06. The zero-order valence-corrected chi connectivity index (χ0v) is 13.4. The molecule has 4 nitrogen and oxygen atoms in total. The summed E-state index contributed by atoms with van der Waals surface area (Å²) in [4.78, 5) is 11.8. The first-order valence-electron chi connectivity index (χ1n) is 7.62. The van der Waals surface area contributed by atoms with Gasteiger partial charge in [-0.1, -0.05) is 24.3 Å². The Labute approximate surface area is 135 Å². The molecular formula is C18H21FN2O2. The Bertz CT molecular complexity index is 674. The number of carbonyl (C=O) groups excluding carboxylic acids is 1. The highest BCUT2D eigenvalue weighted by atomic mass is 19.1. The van der Waals surface area contributed by atoms with Gasteiger partial charge in [0.05, 0.1) is 6.61 Å². The average molecular weight is 316 g/mol. The molecule has 0 unspecified atom stereocenters. The average Bonchev–Trinajstić information content (AvgIpc) is 2.53. The molecule has 0 bridgehead atoms. The number of hydrogen-bond acceptors (Lipinski definition) is 2. The number of hydrogen-bond donors (Lipinski definition) is 2. The van der Waals surface area contributed by atoms with E-state index in [0.717, 1.165) is 11.3 Å². The lowest BCUT2D eigenvalue weighted by Gasteiger charge is -2.11. The Morgan fingerprint density at radius 1 is 1.22 bits per heavy atom. The number of aryl methyl sites for hydroxylation is 1. The van der Waals surface area contributed by atoms with Crippen molar-refractivity contribution >= 4 is 11.7 Å². The van der Waals surface area contributed by atoms with Crippen molar-refractivity contribution in [1.82, 2.24) is 5.32 Å². The van der Waals surface area contributed by atoms with Crippen LogP contribution < -0.4 is 15.4 Å². The Balaban J connectivity index is 1.84. The Hall–Kier alpha value is -2.56. The third kappa shape index (κ3) is 4.98. The Morgan fingerprint density at radius 3 is 2.74 bits per heavy atom. The third-order valence-electron chi connectivity index (χ3n) is 3.38. The number of halogens is 1. The number of anilines is 1. The van der Waals surface area contributed by atoms with E-state index < -0.39 is 0 Å². The molecule has 23 heavy (non-hydrogen) atoms. The van der Waals surface area contributed by atoms with Gasteiger partial charge in [0.1, 0.15) is 11.6 Å². The molecular weight excluding hydrogens is 295 g/mol. The molecule has 0 aliphatic heterocycles. The lowest BCUT2D eigenvalue weighted by atomic mass is 10.1. The van der Waals surface area contributed by atoms with E-state index in [1.54, 1.807) is 19.1 Å². The molecule has 0 radical (unpaired) electrons. The van der Waals surface area contributed by atoms with Gasteiger partial charge in [0.15, 0.2) is 0 Å². The number of para-hydroxylation sites is 1.